The summed E-state index contributed by atoms with van der Waals surface area (Å²) in [5, 5.41) is 1.19. The van der Waals surface area contributed by atoms with E-state index in [1.807, 2.05) is 18.2 Å². The van der Waals surface area contributed by atoms with Crippen LogP contribution in [0.2, 0.25) is 6.04 Å². The van der Waals surface area contributed by atoms with Gasteiger partial charge in [0.2, 0.25) is 0 Å². The van der Waals surface area contributed by atoms with E-state index in [0.29, 0.717) is 0 Å². The summed E-state index contributed by atoms with van der Waals surface area (Å²) in [5.74, 6) is 0. The Labute approximate surface area is 98.8 Å². The van der Waals surface area contributed by atoms with Crippen LogP contribution in [0, 0.1) is 0 Å². The topological polar surface area (TPSA) is 44.5 Å². The van der Waals surface area contributed by atoms with Gasteiger partial charge in [0.25, 0.3) is 0 Å². The van der Waals surface area contributed by atoms with Crippen molar-refractivity contribution in [2.75, 3.05) is 20.8 Å². The molecule has 0 heterocycles. The summed E-state index contributed by atoms with van der Waals surface area (Å²) in [7, 11) is 1.27. The Hall–Kier alpha value is -0.683. The van der Waals surface area contributed by atoms with Crippen LogP contribution in [0.1, 0.15) is 12.8 Å². The highest BCUT2D eigenvalue weighted by atomic mass is 28.4. The van der Waals surface area contributed by atoms with Gasteiger partial charge < -0.3 is 14.6 Å². The third-order valence-electron chi connectivity index (χ3n) is 2.83. The van der Waals surface area contributed by atoms with Gasteiger partial charge in [-0.2, -0.15) is 0 Å². The van der Waals surface area contributed by atoms with Gasteiger partial charge in [-0.1, -0.05) is 30.3 Å². The fourth-order valence-corrected chi connectivity index (χ4v) is 4.61. The fraction of sp³-hybridized carbons (Fsp3) is 0.500. The SMILES string of the molecule is CO[Si](CCCCN)(OC)c1ccccc1. The van der Waals surface area contributed by atoms with Gasteiger partial charge in [-0.25, -0.2) is 0 Å². The van der Waals surface area contributed by atoms with Crippen LogP contribution < -0.4 is 10.9 Å². The van der Waals surface area contributed by atoms with Crippen molar-refractivity contribution in [3.8, 4) is 0 Å². The number of rotatable bonds is 7. The highest BCUT2D eigenvalue weighted by molar-refractivity contribution is 6.81. The van der Waals surface area contributed by atoms with Crippen LogP contribution >= 0.6 is 0 Å². The molecule has 0 spiro atoms. The van der Waals surface area contributed by atoms with Crippen LogP contribution in [-0.4, -0.2) is 29.3 Å². The first-order valence-corrected chi connectivity index (χ1v) is 7.67. The van der Waals surface area contributed by atoms with E-state index in [2.05, 4.69) is 12.1 Å². The average molecular weight is 239 g/mol. The molecule has 1 aromatic carbocycles. The summed E-state index contributed by atoms with van der Waals surface area (Å²) in [6, 6.07) is 11.2. The lowest BCUT2D eigenvalue weighted by Gasteiger charge is -2.27. The quantitative estimate of drug-likeness (QED) is 0.577. The molecule has 3 nitrogen and oxygen atoms in total. The molecule has 90 valence electrons. The number of nitrogens with two attached hydrogens (primary N) is 1. The van der Waals surface area contributed by atoms with Crippen molar-refractivity contribution in [1.82, 2.24) is 0 Å². The van der Waals surface area contributed by atoms with Gasteiger partial charge >= 0.3 is 8.56 Å². The average Bonchev–Trinajstić information content (AvgIpc) is 2.36. The summed E-state index contributed by atoms with van der Waals surface area (Å²) >= 11 is 0. The van der Waals surface area contributed by atoms with Gasteiger partial charge in [0, 0.05) is 14.2 Å². The minimum absolute atomic E-state index is 0.729. The van der Waals surface area contributed by atoms with E-state index in [1.54, 1.807) is 14.2 Å². The molecule has 0 aliphatic heterocycles. The van der Waals surface area contributed by atoms with Crippen LogP contribution in [0.25, 0.3) is 0 Å². The van der Waals surface area contributed by atoms with Crippen LogP contribution in [0.3, 0.4) is 0 Å². The van der Waals surface area contributed by atoms with Crippen LogP contribution in [-0.2, 0) is 8.85 Å². The summed E-state index contributed by atoms with van der Waals surface area (Å²) < 4.78 is 11.4. The number of benzene rings is 1. The molecule has 1 rings (SSSR count). The summed E-state index contributed by atoms with van der Waals surface area (Å²) in [5.41, 5.74) is 5.51. The number of hydrogen-bond acceptors (Lipinski definition) is 3. The third-order valence-corrected chi connectivity index (χ3v) is 6.38. The first-order chi connectivity index (χ1) is 7.79. The molecule has 4 heteroatoms. The molecule has 0 bridgehead atoms. The summed E-state index contributed by atoms with van der Waals surface area (Å²) in [4.78, 5) is 0. The first-order valence-electron chi connectivity index (χ1n) is 5.65. The van der Waals surface area contributed by atoms with Crippen molar-refractivity contribution in [3.63, 3.8) is 0 Å². The molecule has 0 radical (unpaired) electrons. The highest BCUT2D eigenvalue weighted by Gasteiger charge is 2.37. The van der Waals surface area contributed by atoms with E-state index in [-0.39, 0.29) is 0 Å². The molecule has 0 atom stereocenters. The minimum Gasteiger partial charge on any atom is -0.394 e. The van der Waals surface area contributed by atoms with Crippen LogP contribution in [0.5, 0.6) is 0 Å². The van der Waals surface area contributed by atoms with Gasteiger partial charge in [0.15, 0.2) is 0 Å². The molecule has 0 saturated carbocycles. The minimum atomic E-state index is -2.21. The zero-order chi connectivity index (χ0) is 11.9. The van der Waals surface area contributed by atoms with Gasteiger partial charge in [0.1, 0.15) is 0 Å². The maximum Gasteiger partial charge on any atom is 0.371 e. The number of hydrogen-bond donors (Lipinski definition) is 1. The Morgan fingerprint density at radius 3 is 2.19 bits per heavy atom. The van der Waals surface area contributed by atoms with Gasteiger partial charge in [-0.15, -0.1) is 0 Å². The van der Waals surface area contributed by atoms with Crippen molar-refractivity contribution in [3.05, 3.63) is 30.3 Å². The lowest BCUT2D eigenvalue weighted by molar-refractivity contribution is 0.256. The number of unbranched alkanes of at least 4 members (excludes halogenated alkanes) is 1. The van der Waals surface area contributed by atoms with Crippen molar-refractivity contribution in [2.24, 2.45) is 5.73 Å². The summed E-state index contributed by atoms with van der Waals surface area (Å²) in [6.07, 6.45) is 2.08. The maximum atomic E-state index is 5.70. The molecule has 0 unspecified atom stereocenters. The Balaban J connectivity index is 2.79. The second kappa shape index (κ2) is 6.80. The molecule has 0 aliphatic rings. The van der Waals surface area contributed by atoms with Crippen molar-refractivity contribution in [1.29, 1.82) is 0 Å². The molecule has 0 aliphatic carbocycles. The summed E-state index contributed by atoms with van der Waals surface area (Å²) in [6.45, 7) is 0.729. The van der Waals surface area contributed by atoms with E-state index >= 15 is 0 Å². The van der Waals surface area contributed by atoms with Crippen LogP contribution in [0.4, 0.5) is 0 Å². The predicted octanol–water partition coefficient (Wildman–Crippen LogP) is 1.37. The third kappa shape index (κ3) is 3.15. The molecule has 0 fully saturated rings. The second-order valence-electron chi connectivity index (χ2n) is 3.77. The molecule has 1 aromatic rings. The normalized spacial score (nSPS) is 11.7. The highest BCUT2D eigenvalue weighted by Crippen LogP contribution is 2.15. The van der Waals surface area contributed by atoms with Crippen molar-refractivity contribution >= 4 is 13.7 Å². The Morgan fingerprint density at radius 2 is 1.69 bits per heavy atom. The first kappa shape index (κ1) is 13.4. The lowest BCUT2D eigenvalue weighted by Crippen LogP contribution is -2.52. The van der Waals surface area contributed by atoms with E-state index in [9.17, 15) is 0 Å². The monoisotopic (exact) mass is 239 g/mol. The second-order valence-corrected chi connectivity index (χ2v) is 7.17. The van der Waals surface area contributed by atoms with E-state index in [0.717, 1.165) is 25.4 Å². The van der Waals surface area contributed by atoms with Gasteiger partial charge in [-0.3, -0.25) is 0 Å². The fourth-order valence-electron chi connectivity index (χ4n) is 1.86. The molecule has 0 aromatic heterocycles. The largest absolute Gasteiger partial charge is 0.394 e. The van der Waals surface area contributed by atoms with Gasteiger partial charge in [-0.05, 0) is 30.6 Å². The van der Waals surface area contributed by atoms with Crippen molar-refractivity contribution < 1.29 is 8.85 Å². The zero-order valence-corrected chi connectivity index (χ0v) is 11.1. The Bertz CT molecular complexity index is 288. The molecular weight excluding hydrogens is 218 g/mol. The van der Waals surface area contributed by atoms with Crippen molar-refractivity contribution in [2.45, 2.75) is 18.9 Å². The zero-order valence-electron chi connectivity index (χ0n) is 10.1. The molecule has 16 heavy (non-hydrogen) atoms. The predicted molar refractivity (Wildman–Crippen MR) is 68.9 cm³/mol. The molecule has 0 saturated heterocycles. The Kier molecular flexibility index (Phi) is 5.69. The van der Waals surface area contributed by atoms with E-state index < -0.39 is 8.56 Å². The molecule has 2 N–H and O–H groups in total. The molecular formula is C12H21NO2Si. The Morgan fingerprint density at radius 1 is 1.06 bits per heavy atom. The van der Waals surface area contributed by atoms with E-state index in [1.165, 1.54) is 5.19 Å². The smallest absolute Gasteiger partial charge is 0.371 e. The molecule has 0 amide bonds. The van der Waals surface area contributed by atoms with Crippen LogP contribution in [0.15, 0.2) is 30.3 Å². The van der Waals surface area contributed by atoms with E-state index in [4.69, 9.17) is 14.6 Å². The standard InChI is InChI=1S/C12H21NO2Si/c1-14-16(15-2,11-7-6-10-13)12-8-4-3-5-9-12/h3-5,8-9H,6-7,10-11,13H2,1-2H3. The van der Waals surface area contributed by atoms with Gasteiger partial charge in [0.05, 0.1) is 0 Å². The maximum absolute atomic E-state index is 5.70. The lowest BCUT2D eigenvalue weighted by atomic mass is 10.3.